The number of nitrogens with zero attached hydrogens (tertiary/aromatic N) is 4. The Hall–Kier alpha value is -4.65. The molecule has 3 aromatic heterocycles. The highest BCUT2D eigenvalue weighted by molar-refractivity contribution is 6.07. The van der Waals surface area contributed by atoms with Crippen LogP contribution in [0.3, 0.4) is 0 Å². The molecular weight excluding hydrogens is 440 g/mol. The van der Waals surface area contributed by atoms with Gasteiger partial charge >= 0.3 is 0 Å². The monoisotopic (exact) mass is 462 g/mol. The molecule has 0 aliphatic carbocycles. The summed E-state index contributed by atoms with van der Waals surface area (Å²) in [7, 11) is 3.30. The van der Waals surface area contributed by atoms with Gasteiger partial charge in [-0.25, -0.2) is 14.5 Å². The van der Waals surface area contributed by atoms with Gasteiger partial charge in [0.2, 0.25) is 5.71 Å². The van der Waals surface area contributed by atoms with Gasteiger partial charge in [-0.2, -0.15) is 0 Å². The number of aromatic nitrogens is 4. The Kier molecular flexibility index (Phi) is 4.95. The van der Waals surface area contributed by atoms with E-state index in [9.17, 15) is 0 Å². The van der Waals surface area contributed by atoms with Gasteiger partial charge in [0.15, 0.2) is 11.5 Å². The highest BCUT2D eigenvalue weighted by Gasteiger charge is 2.23. The number of hydrogen-bond acceptors (Lipinski definition) is 6. The predicted molar refractivity (Wildman–Crippen MR) is 135 cm³/mol. The zero-order valence-corrected chi connectivity index (χ0v) is 19.5. The van der Waals surface area contributed by atoms with E-state index in [4.69, 9.17) is 24.0 Å². The lowest BCUT2D eigenvalue weighted by Crippen LogP contribution is -1.91. The molecule has 0 bridgehead atoms. The number of rotatable bonds is 5. The average Bonchev–Trinajstić information content (AvgIpc) is 3.51. The molecule has 7 heteroatoms. The molecule has 3 aromatic carbocycles. The van der Waals surface area contributed by atoms with Crippen molar-refractivity contribution in [3.63, 3.8) is 0 Å². The van der Waals surface area contributed by atoms with Crippen molar-refractivity contribution in [2.24, 2.45) is 0 Å². The summed E-state index contributed by atoms with van der Waals surface area (Å²) in [5.74, 6) is 2.89. The summed E-state index contributed by atoms with van der Waals surface area (Å²) in [6.07, 6.45) is 1.64. The van der Waals surface area contributed by atoms with Crippen LogP contribution in [0.2, 0.25) is 0 Å². The van der Waals surface area contributed by atoms with Crippen LogP contribution in [0.15, 0.2) is 83.5 Å². The molecule has 0 spiro atoms. The molecule has 0 aliphatic rings. The third-order valence-electron chi connectivity index (χ3n) is 6.07. The number of methoxy groups -OCH3 is 2. The minimum Gasteiger partial charge on any atom is -0.497 e. The summed E-state index contributed by atoms with van der Waals surface area (Å²) in [5, 5.41) is 5.49. The molecule has 0 atom stereocenters. The van der Waals surface area contributed by atoms with Gasteiger partial charge in [0.05, 0.1) is 19.6 Å². The number of hydrogen-bond donors (Lipinski definition) is 0. The molecule has 172 valence electrons. The molecule has 0 amide bonds. The third-order valence-corrected chi connectivity index (χ3v) is 6.07. The maximum atomic E-state index is 6.34. The Labute approximate surface area is 201 Å². The van der Waals surface area contributed by atoms with Crippen LogP contribution in [0.1, 0.15) is 5.56 Å². The number of fused-ring (bicyclic) bond motifs is 3. The Morgan fingerprint density at radius 3 is 1.97 bits per heavy atom. The summed E-state index contributed by atoms with van der Waals surface area (Å²) in [6.45, 7) is 2.06. The standard InChI is InChI=1S/C28H22N4O3/c1-17-4-6-20(7-5-17)26-30-27-24-23(18-8-12-21(33-2)13-9-18)25(19-10-14-22(34-3)15-11-19)35-28(24)29-16-32(27)31-26/h4-16H,1-3H3. The van der Waals surface area contributed by atoms with Crippen LogP contribution >= 0.6 is 0 Å². The van der Waals surface area contributed by atoms with Crippen LogP contribution in [0.4, 0.5) is 0 Å². The van der Waals surface area contributed by atoms with E-state index in [-0.39, 0.29) is 0 Å². The number of ether oxygens (including phenoxy) is 2. The molecule has 3 heterocycles. The molecule has 0 fully saturated rings. The molecule has 0 unspecified atom stereocenters. The number of furan rings is 1. The van der Waals surface area contributed by atoms with Crippen LogP contribution in [-0.4, -0.2) is 33.8 Å². The fourth-order valence-corrected chi connectivity index (χ4v) is 4.20. The highest BCUT2D eigenvalue weighted by Crippen LogP contribution is 2.42. The van der Waals surface area contributed by atoms with E-state index in [2.05, 4.69) is 24.0 Å². The van der Waals surface area contributed by atoms with E-state index >= 15 is 0 Å². The molecule has 0 N–H and O–H groups in total. The first-order valence-corrected chi connectivity index (χ1v) is 11.2. The van der Waals surface area contributed by atoms with Crippen LogP contribution in [-0.2, 0) is 0 Å². The van der Waals surface area contributed by atoms with E-state index in [1.165, 1.54) is 5.56 Å². The first-order valence-electron chi connectivity index (χ1n) is 11.2. The quantitative estimate of drug-likeness (QED) is 0.304. The summed E-state index contributed by atoms with van der Waals surface area (Å²) in [5.41, 5.74) is 6.07. The van der Waals surface area contributed by atoms with E-state index < -0.39 is 0 Å². The van der Waals surface area contributed by atoms with Gasteiger partial charge in [0.25, 0.3) is 0 Å². The second-order valence-electron chi connectivity index (χ2n) is 8.26. The van der Waals surface area contributed by atoms with Crippen molar-refractivity contribution in [3.8, 4) is 45.3 Å². The summed E-state index contributed by atoms with van der Waals surface area (Å²) in [4.78, 5) is 9.48. The Bertz CT molecular complexity index is 1650. The lowest BCUT2D eigenvalue weighted by atomic mass is 9.99. The van der Waals surface area contributed by atoms with Gasteiger partial charge in [-0.1, -0.05) is 42.0 Å². The second kappa shape index (κ2) is 8.29. The Morgan fingerprint density at radius 2 is 1.34 bits per heavy atom. The normalized spacial score (nSPS) is 11.3. The minimum atomic E-state index is 0.497. The van der Waals surface area contributed by atoms with Crippen LogP contribution in [0, 0.1) is 6.92 Å². The number of aryl methyl sites for hydroxylation is 1. The topological polar surface area (TPSA) is 74.7 Å². The van der Waals surface area contributed by atoms with Gasteiger partial charge in [-0.15, -0.1) is 5.10 Å². The molecule has 7 nitrogen and oxygen atoms in total. The first kappa shape index (κ1) is 20.9. The Balaban J connectivity index is 1.63. The molecule has 6 rings (SSSR count). The first-order chi connectivity index (χ1) is 17.1. The molecule has 0 radical (unpaired) electrons. The predicted octanol–water partition coefficient (Wildman–Crippen LogP) is 6.20. The van der Waals surface area contributed by atoms with E-state index in [0.29, 0.717) is 22.9 Å². The van der Waals surface area contributed by atoms with Gasteiger partial charge in [-0.05, 0) is 48.9 Å². The largest absolute Gasteiger partial charge is 0.497 e. The lowest BCUT2D eigenvalue weighted by molar-refractivity contribution is 0.414. The Morgan fingerprint density at radius 1 is 0.743 bits per heavy atom. The van der Waals surface area contributed by atoms with Crippen LogP contribution < -0.4 is 9.47 Å². The molecule has 0 aliphatic heterocycles. The molecular formula is C28H22N4O3. The van der Waals surface area contributed by atoms with E-state index in [1.54, 1.807) is 25.1 Å². The molecule has 0 saturated heterocycles. The average molecular weight is 463 g/mol. The van der Waals surface area contributed by atoms with Crippen molar-refractivity contribution in [2.75, 3.05) is 14.2 Å². The molecule has 0 saturated carbocycles. The van der Waals surface area contributed by atoms with Gasteiger partial charge in [0, 0.05) is 16.7 Å². The van der Waals surface area contributed by atoms with Gasteiger partial charge in [0.1, 0.15) is 23.6 Å². The van der Waals surface area contributed by atoms with Crippen molar-refractivity contribution < 1.29 is 13.9 Å². The SMILES string of the molecule is COc1ccc(-c2oc3ncn4nc(-c5ccc(C)cc5)nc4c3c2-c2ccc(OC)cc2)cc1. The third kappa shape index (κ3) is 3.58. The fraction of sp³-hybridized carbons (Fsp3) is 0.107. The highest BCUT2D eigenvalue weighted by atomic mass is 16.5. The van der Waals surface area contributed by atoms with Crippen LogP contribution in [0.5, 0.6) is 11.5 Å². The molecule has 35 heavy (non-hydrogen) atoms. The van der Waals surface area contributed by atoms with Crippen molar-refractivity contribution in [1.82, 2.24) is 19.6 Å². The maximum absolute atomic E-state index is 6.34. The van der Waals surface area contributed by atoms with Crippen molar-refractivity contribution in [1.29, 1.82) is 0 Å². The zero-order chi connectivity index (χ0) is 23.9. The van der Waals surface area contributed by atoms with E-state index in [0.717, 1.165) is 39.1 Å². The zero-order valence-electron chi connectivity index (χ0n) is 19.5. The smallest absolute Gasteiger partial charge is 0.232 e. The van der Waals surface area contributed by atoms with Crippen molar-refractivity contribution >= 4 is 16.7 Å². The van der Waals surface area contributed by atoms with Gasteiger partial charge in [-0.3, -0.25) is 0 Å². The fourth-order valence-electron chi connectivity index (χ4n) is 4.20. The summed E-state index contributed by atoms with van der Waals surface area (Å²) < 4.78 is 18.8. The summed E-state index contributed by atoms with van der Waals surface area (Å²) in [6, 6.07) is 23.8. The summed E-state index contributed by atoms with van der Waals surface area (Å²) >= 11 is 0. The lowest BCUT2D eigenvalue weighted by Gasteiger charge is -2.06. The number of benzene rings is 3. The van der Waals surface area contributed by atoms with Crippen molar-refractivity contribution in [3.05, 3.63) is 84.7 Å². The van der Waals surface area contributed by atoms with E-state index in [1.807, 2.05) is 60.7 Å². The van der Waals surface area contributed by atoms with Crippen molar-refractivity contribution in [2.45, 2.75) is 6.92 Å². The van der Waals surface area contributed by atoms with Gasteiger partial charge < -0.3 is 13.9 Å². The second-order valence-corrected chi connectivity index (χ2v) is 8.26. The minimum absolute atomic E-state index is 0.497. The van der Waals surface area contributed by atoms with Crippen LogP contribution in [0.25, 0.3) is 50.6 Å². The molecule has 6 aromatic rings. The maximum Gasteiger partial charge on any atom is 0.232 e.